The van der Waals surface area contributed by atoms with Gasteiger partial charge in [-0.2, -0.15) is 0 Å². The van der Waals surface area contributed by atoms with Crippen molar-refractivity contribution < 1.29 is 25.5 Å². The predicted molar refractivity (Wildman–Crippen MR) is 39.9 cm³/mol. The van der Waals surface area contributed by atoms with Gasteiger partial charge in [0.15, 0.2) is 0 Å². The maximum Gasteiger partial charge on any atom is 0.117 e. The molecule has 0 aliphatic carbocycles. The van der Waals surface area contributed by atoms with Crippen LogP contribution in [0.2, 0.25) is 0 Å². The lowest BCUT2D eigenvalue weighted by Crippen LogP contribution is -2.46. The van der Waals surface area contributed by atoms with Crippen molar-refractivity contribution >= 4 is 6.21 Å². The van der Waals surface area contributed by atoms with E-state index in [0.717, 1.165) is 0 Å². The normalized spacial score (nSPS) is 21.1. The van der Waals surface area contributed by atoms with Crippen LogP contribution in [-0.4, -0.2) is 62.8 Å². The molecule has 0 saturated carbocycles. The second-order valence-electron chi connectivity index (χ2n) is 2.39. The smallest absolute Gasteiger partial charge is 0.117 e. The minimum atomic E-state index is -1.66. The summed E-state index contributed by atoms with van der Waals surface area (Å²) < 4.78 is 0. The van der Waals surface area contributed by atoms with Crippen molar-refractivity contribution in [3.63, 3.8) is 0 Å². The van der Waals surface area contributed by atoms with Crippen molar-refractivity contribution in [2.24, 2.45) is 0 Å². The number of rotatable bonds is 5. The van der Waals surface area contributed by atoms with Gasteiger partial charge in [0.05, 0.1) is 6.61 Å². The van der Waals surface area contributed by atoms with E-state index in [-0.39, 0.29) is 0 Å². The maximum atomic E-state index is 8.97. The summed E-state index contributed by atoms with van der Waals surface area (Å²) >= 11 is 0. The average Bonchev–Trinajstić information content (AvgIpc) is 2.12. The van der Waals surface area contributed by atoms with Crippen LogP contribution < -0.4 is 0 Å². The first kappa shape index (κ1) is 11.5. The van der Waals surface area contributed by atoms with Crippen LogP contribution in [0.3, 0.4) is 0 Å². The fourth-order valence-corrected chi connectivity index (χ4v) is 0.636. The molecule has 4 atom stereocenters. The zero-order valence-corrected chi connectivity index (χ0v) is 6.33. The first-order chi connectivity index (χ1) is 5.54. The van der Waals surface area contributed by atoms with Crippen LogP contribution in [0.5, 0.6) is 0 Å². The van der Waals surface area contributed by atoms with E-state index in [4.69, 9.17) is 30.9 Å². The molecule has 0 saturated heterocycles. The van der Waals surface area contributed by atoms with E-state index in [2.05, 4.69) is 0 Å². The number of hydrogen-bond donors (Lipinski definition) is 6. The monoisotopic (exact) mass is 179 g/mol. The second kappa shape index (κ2) is 5.18. The van der Waals surface area contributed by atoms with E-state index in [1.807, 2.05) is 0 Å². The SMILES string of the molecule is N=C[C@H](O)[C@H](O)[C@H](O)[C@H](O)CO. The zero-order chi connectivity index (χ0) is 9.72. The molecule has 0 fully saturated rings. The molecule has 6 N–H and O–H groups in total. The molecule has 0 aromatic rings. The summed E-state index contributed by atoms with van der Waals surface area (Å²) in [5.74, 6) is 0. The number of nitrogens with one attached hydrogen (secondary N) is 1. The van der Waals surface area contributed by atoms with Gasteiger partial charge >= 0.3 is 0 Å². The molecule has 6 heteroatoms. The highest BCUT2D eigenvalue weighted by Gasteiger charge is 2.28. The molecule has 0 aliphatic rings. The molecule has 0 aromatic heterocycles. The summed E-state index contributed by atoms with van der Waals surface area (Å²) in [5, 5.41) is 50.4. The lowest BCUT2D eigenvalue weighted by atomic mass is 10.0. The van der Waals surface area contributed by atoms with Gasteiger partial charge in [0.2, 0.25) is 0 Å². The van der Waals surface area contributed by atoms with E-state index in [9.17, 15) is 0 Å². The molecule has 0 aromatic carbocycles. The van der Waals surface area contributed by atoms with Crippen molar-refractivity contribution in [2.45, 2.75) is 24.4 Å². The molecule has 0 rings (SSSR count). The van der Waals surface area contributed by atoms with E-state index in [1.54, 1.807) is 0 Å². The third kappa shape index (κ3) is 2.84. The quantitative estimate of drug-likeness (QED) is 0.252. The van der Waals surface area contributed by atoms with Crippen LogP contribution in [-0.2, 0) is 0 Å². The first-order valence-corrected chi connectivity index (χ1v) is 3.38. The fraction of sp³-hybridized carbons (Fsp3) is 0.833. The largest absolute Gasteiger partial charge is 0.394 e. The van der Waals surface area contributed by atoms with Crippen molar-refractivity contribution in [3.05, 3.63) is 0 Å². The average molecular weight is 179 g/mol. The molecule has 0 radical (unpaired) electrons. The Balaban J connectivity index is 4.07. The summed E-state index contributed by atoms with van der Waals surface area (Å²) in [7, 11) is 0. The Morgan fingerprint density at radius 2 is 1.58 bits per heavy atom. The molecule has 0 aliphatic heterocycles. The van der Waals surface area contributed by atoms with Crippen molar-refractivity contribution in [1.82, 2.24) is 0 Å². The molecule has 0 heterocycles. The minimum Gasteiger partial charge on any atom is -0.394 e. The number of aliphatic hydroxyl groups excluding tert-OH is 5. The summed E-state index contributed by atoms with van der Waals surface area (Å²) in [6.45, 7) is -0.719. The van der Waals surface area contributed by atoms with Crippen molar-refractivity contribution in [2.75, 3.05) is 6.61 Å². The van der Waals surface area contributed by atoms with Crippen LogP contribution in [0.4, 0.5) is 0 Å². The van der Waals surface area contributed by atoms with Crippen LogP contribution >= 0.6 is 0 Å². The zero-order valence-electron chi connectivity index (χ0n) is 6.33. The second-order valence-corrected chi connectivity index (χ2v) is 2.39. The van der Waals surface area contributed by atoms with Crippen LogP contribution in [0.15, 0.2) is 0 Å². The molecular formula is C6H13NO5. The van der Waals surface area contributed by atoms with Crippen LogP contribution in [0, 0.1) is 5.41 Å². The third-order valence-corrected chi connectivity index (χ3v) is 1.45. The first-order valence-electron chi connectivity index (χ1n) is 3.38. The number of hydrogen-bond acceptors (Lipinski definition) is 6. The standard InChI is InChI=1S/C6H13NO5/c7-1-3(9)5(11)6(12)4(10)2-8/h1,3-12H,2H2/t3-,4+,5-,6+/m0/s1. The molecule has 0 amide bonds. The van der Waals surface area contributed by atoms with Gasteiger partial charge in [-0.15, -0.1) is 0 Å². The lowest BCUT2D eigenvalue weighted by Gasteiger charge is -2.23. The fourth-order valence-electron chi connectivity index (χ4n) is 0.636. The van der Waals surface area contributed by atoms with E-state index in [0.29, 0.717) is 6.21 Å². The Hall–Kier alpha value is -0.530. The van der Waals surface area contributed by atoms with Gasteiger partial charge in [0.25, 0.3) is 0 Å². The molecule has 0 unspecified atom stereocenters. The molecule has 0 spiro atoms. The van der Waals surface area contributed by atoms with E-state index < -0.39 is 31.0 Å². The predicted octanol–water partition coefficient (Wildman–Crippen LogP) is -2.93. The summed E-state index contributed by atoms with van der Waals surface area (Å²) in [6.07, 6.45) is -5.86. The minimum absolute atomic E-state index is 0.526. The van der Waals surface area contributed by atoms with Gasteiger partial charge in [-0.3, -0.25) is 0 Å². The van der Waals surface area contributed by atoms with Crippen molar-refractivity contribution in [3.8, 4) is 0 Å². The molecule has 6 nitrogen and oxygen atoms in total. The highest BCUT2D eigenvalue weighted by atomic mass is 16.4. The van der Waals surface area contributed by atoms with Gasteiger partial charge in [0.1, 0.15) is 24.4 Å². The van der Waals surface area contributed by atoms with Gasteiger partial charge in [0, 0.05) is 6.21 Å². The Labute approximate surface area is 69.2 Å². The molecule has 12 heavy (non-hydrogen) atoms. The Bertz CT molecular complexity index is 142. The maximum absolute atomic E-state index is 8.97. The summed E-state index contributed by atoms with van der Waals surface area (Å²) in [6, 6.07) is 0. The Morgan fingerprint density at radius 3 is 1.92 bits per heavy atom. The Kier molecular flexibility index (Phi) is 4.95. The molecular weight excluding hydrogens is 166 g/mol. The number of aliphatic hydroxyl groups is 5. The molecule has 72 valence electrons. The van der Waals surface area contributed by atoms with Crippen LogP contribution in [0.1, 0.15) is 0 Å². The Morgan fingerprint density at radius 1 is 1.08 bits per heavy atom. The lowest BCUT2D eigenvalue weighted by molar-refractivity contribution is -0.1000. The summed E-state index contributed by atoms with van der Waals surface area (Å²) in [5.41, 5.74) is 0. The molecule has 0 bridgehead atoms. The summed E-state index contributed by atoms with van der Waals surface area (Å²) in [4.78, 5) is 0. The topological polar surface area (TPSA) is 125 Å². The third-order valence-electron chi connectivity index (χ3n) is 1.45. The van der Waals surface area contributed by atoms with Gasteiger partial charge in [-0.25, -0.2) is 0 Å². The highest BCUT2D eigenvalue weighted by Crippen LogP contribution is 2.02. The van der Waals surface area contributed by atoms with Crippen molar-refractivity contribution in [1.29, 1.82) is 5.41 Å². The highest BCUT2D eigenvalue weighted by molar-refractivity contribution is 5.59. The van der Waals surface area contributed by atoms with E-state index in [1.165, 1.54) is 0 Å². The van der Waals surface area contributed by atoms with Crippen LogP contribution in [0.25, 0.3) is 0 Å². The van der Waals surface area contributed by atoms with Gasteiger partial charge < -0.3 is 30.9 Å². The van der Waals surface area contributed by atoms with E-state index >= 15 is 0 Å². The van der Waals surface area contributed by atoms with Gasteiger partial charge in [-0.1, -0.05) is 0 Å². The van der Waals surface area contributed by atoms with Gasteiger partial charge in [-0.05, 0) is 0 Å².